The fourth-order valence-electron chi connectivity index (χ4n) is 4.66. The van der Waals surface area contributed by atoms with Gasteiger partial charge in [0.1, 0.15) is 12.1 Å². The van der Waals surface area contributed by atoms with Crippen LogP contribution in [0, 0.1) is 0 Å². The summed E-state index contributed by atoms with van der Waals surface area (Å²) in [5.41, 5.74) is 5.58. The number of amides is 2. The number of hydrogen-bond acceptors (Lipinski definition) is 5. The SMILES string of the molecule is CCOC(=O)NC(C(=O)NC(CSC/C=C(\C)CC/C=C(\C)CCC=C(C)C)C(=O)O)C(c1ccccc1)c1ccccc1. The van der Waals surface area contributed by atoms with E-state index in [1.807, 2.05) is 60.7 Å². The third-order valence-corrected chi connectivity index (χ3v) is 8.02. The molecule has 0 saturated heterocycles. The van der Waals surface area contributed by atoms with Gasteiger partial charge in [-0.3, -0.25) is 4.79 Å². The van der Waals surface area contributed by atoms with Crippen LogP contribution in [0.5, 0.6) is 0 Å². The quantitative estimate of drug-likeness (QED) is 0.117. The number of benzene rings is 2. The van der Waals surface area contributed by atoms with Crippen molar-refractivity contribution >= 4 is 29.7 Å². The molecule has 3 N–H and O–H groups in total. The molecule has 2 atom stereocenters. The van der Waals surface area contributed by atoms with Gasteiger partial charge in [-0.1, -0.05) is 95.6 Å². The molecule has 44 heavy (non-hydrogen) atoms. The largest absolute Gasteiger partial charge is 0.480 e. The normalized spacial score (nSPS) is 13.1. The Morgan fingerprint density at radius 2 is 1.36 bits per heavy atom. The molecule has 0 fully saturated rings. The second kappa shape index (κ2) is 20.2. The van der Waals surface area contributed by atoms with Gasteiger partial charge in [0.25, 0.3) is 0 Å². The van der Waals surface area contributed by atoms with Crippen LogP contribution in [0.1, 0.15) is 77.3 Å². The fourth-order valence-corrected chi connectivity index (χ4v) is 5.66. The highest BCUT2D eigenvalue weighted by Crippen LogP contribution is 2.29. The molecule has 0 aliphatic heterocycles. The number of carbonyl (C=O) groups is 3. The summed E-state index contributed by atoms with van der Waals surface area (Å²) in [5.74, 6) is -1.48. The molecule has 0 aliphatic carbocycles. The maximum atomic E-state index is 13.7. The Hall–Kier alpha value is -3.78. The van der Waals surface area contributed by atoms with Gasteiger partial charge in [-0.2, -0.15) is 11.8 Å². The van der Waals surface area contributed by atoms with Crippen molar-refractivity contribution in [1.29, 1.82) is 0 Å². The number of nitrogens with one attached hydrogen (secondary N) is 2. The minimum atomic E-state index is -1.13. The molecule has 7 nitrogen and oxygen atoms in total. The van der Waals surface area contributed by atoms with E-state index >= 15 is 0 Å². The van der Waals surface area contributed by atoms with Crippen molar-refractivity contribution in [1.82, 2.24) is 10.6 Å². The predicted molar refractivity (Wildman–Crippen MR) is 181 cm³/mol. The van der Waals surface area contributed by atoms with Gasteiger partial charge in [-0.25, -0.2) is 9.59 Å². The molecule has 0 bridgehead atoms. The lowest BCUT2D eigenvalue weighted by molar-refractivity contribution is -0.141. The lowest BCUT2D eigenvalue weighted by Gasteiger charge is -2.29. The van der Waals surface area contributed by atoms with Gasteiger partial charge in [0.05, 0.1) is 6.61 Å². The van der Waals surface area contributed by atoms with Gasteiger partial charge in [-0.05, 0) is 71.4 Å². The average Bonchev–Trinajstić information content (AvgIpc) is 2.99. The molecule has 2 unspecified atom stereocenters. The highest BCUT2D eigenvalue weighted by Gasteiger charge is 2.35. The van der Waals surface area contributed by atoms with Crippen LogP contribution >= 0.6 is 11.8 Å². The van der Waals surface area contributed by atoms with Gasteiger partial charge in [0, 0.05) is 17.4 Å². The van der Waals surface area contributed by atoms with Crippen molar-refractivity contribution in [3.8, 4) is 0 Å². The van der Waals surface area contributed by atoms with Gasteiger partial charge in [0.2, 0.25) is 5.91 Å². The zero-order chi connectivity index (χ0) is 32.3. The molecule has 238 valence electrons. The number of alkyl carbamates (subject to hydrolysis) is 1. The van der Waals surface area contributed by atoms with Gasteiger partial charge in [-0.15, -0.1) is 0 Å². The molecule has 2 rings (SSSR count). The molecular weight excluding hydrogens is 572 g/mol. The number of carboxylic acid groups (broad SMARTS) is 1. The minimum absolute atomic E-state index is 0.134. The van der Waals surface area contributed by atoms with Crippen molar-refractivity contribution in [2.45, 2.75) is 78.3 Å². The fraction of sp³-hybridized carbons (Fsp3) is 0.417. The number of hydrogen-bond donors (Lipinski definition) is 3. The number of rotatable bonds is 18. The molecular formula is C36H48N2O5S. The molecule has 8 heteroatoms. The Bertz CT molecular complexity index is 1230. The van der Waals surface area contributed by atoms with Crippen molar-refractivity contribution in [3.05, 3.63) is 107 Å². The summed E-state index contributed by atoms with van der Waals surface area (Å²) in [6, 6.07) is 16.5. The Morgan fingerprint density at radius 1 is 0.818 bits per heavy atom. The number of allylic oxidation sites excluding steroid dienone is 5. The molecule has 2 aromatic carbocycles. The molecule has 0 spiro atoms. The van der Waals surface area contributed by atoms with Crippen LogP contribution in [0.15, 0.2) is 95.6 Å². The van der Waals surface area contributed by atoms with Crippen LogP contribution in [0.4, 0.5) is 4.79 Å². The van der Waals surface area contributed by atoms with E-state index in [4.69, 9.17) is 4.74 Å². The Labute approximate surface area is 267 Å². The molecule has 0 radical (unpaired) electrons. The number of carbonyl (C=O) groups excluding carboxylic acids is 2. The molecule has 2 aromatic rings. The molecule has 0 heterocycles. The summed E-state index contributed by atoms with van der Waals surface area (Å²) in [4.78, 5) is 38.5. The van der Waals surface area contributed by atoms with Crippen LogP contribution in [0.3, 0.4) is 0 Å². The first-order chi connectivity index (χ1) is 21.1. The van der Waals surface area contributed by atoms with Crippen LogP contribution < -0.4 is 10.6 Å². The smallest absolute Gasteiger partial charge is 0.407 e. The summed E-state index contributed by atoms with van der Waals surface area (Å²) in [6.45, 7) is 10.3. The van der Waals surface area contributed by atoms with E-state index in [1.165, 1.54) is 28.5 Å². The van der Waals surface area contributed by atoms with Crippen LogP contribution in [-0.4, -0.2) is 53.3 Å². The van der Waals surface area contributed by atoms with E-state index < -0.39 is 36.0 Å². The van der Waals surface area contributed by atoms with Gasteiger partial charge >= 0.3 is 12.1 Å². The standard InChI is InChI=1S/C36H48N2O5S/c1-6-43-36(42)38-33(32(29-19-9-7-10-20-29)30-21-11-8-12-22-30)34(39)37-31(35(40)41)25-44-24-23-28(5)18-14-17-27(4)16-13-15-26(2)3/h7-12,15,17,19-23,31-33H,6,13-14,16,18,24-25H2,1-5H3,(H,37,39)(H,38,42)(H,40,41)/b27-17+,28-23+. The van der Waals surface area contributed by atoms with E-state index in [2.05, 4.69) is 56.6 Å². The highest BCUT2D eigenvalue weighted by atomic mass is 32.2. The summed E-state index contributed by atoms with van der Waals surface area (Å²) in [5, 5.41) is 15.3. The van der Waals surface area contributed by atoms with Crippen LogP contribution in [0.25, 0.3) is 0 Å². The van der Waals surface area contributed by atoms with Crippen LogP contribution in [0.2, 0.25) is 0 Å². The zero-order valence-electron chi connectivity index (χ0n) is 26.7. The molecule has 0 saturated carbocycles. The second-order valence-electron chi connectivity index (χ2n) is 11.0. The van der Waals surface area contributed by atoms with E-state index in [0.717, 1.165) is 36.8 Å². The Kier molecular flexibility index (Phi) is 16.7. The first-order valence-electron chi connectivity index (χ1n) is 15.2. The number of aliphatic carboxylic acids is 1. The highest BCUT2D eigenvalue weighted by molar-refractivity contribution is 7.99. The van der Waals surface area contributed by atoms with E-state index in [1.54, 1.807) is 6.92 Å². The van der Waals surface area contributed by atoms with Crippen molar-refractivity contribution in [2.24, 2.45) is 0 Å². The van der Waals surface area contributed by atoms with Crippen LogP contribution in [-0.2, 0) is 14.3 Å². The zero-order valence-corrected chi connectivity index (χ0v) is 27.5. The Balaban J connectivity index is 2.08. The first-order valence-corrected chi connectivity index (χ1v) is 16.4. The third-order valence-electron chi connectivity index (χ3n) is 7.05. The number of thioether (sulfide) groups is 1. The number of ether oxygens (including phenoxy) is 1. The maximum absolute atomic E-state index is 13.7. The van der Waals surface area contributed by atoms with Crippen molar-refractivity contribution < 1.29 is 24.2 Å². The maximum Gasteiger partial charge on any atom is 0.407 e. The third kappa shape index (κ3) is 13.7. The van der Waals surface area contributed by atoms with Crippen molar-refractivity contribution in [3.63, 3.8) is 0 Å². The summed E-state index contributed by atoms with van der Waals surface area (Å²) >= 11 is 1.44. The minimum Gasteiger partial charge on any atom is -0.480 e. The molecule has 0 aliphatic rings. The monoisotopic (exact) mass is 620 g/mol. The summed E-state index contributed by atoms with van der Waals surface area (Å²) in [6.07, 6.45) is 9.97. The van der Waals surface area contributed by atoms with Gasteiger partial charge < -0.3 is 20.5 Å². The topological polar surface area (TPSA) is 105 Å². The first kappa shape index (κ1) is 36.4. The summed E-state index contributed by atoms with van der Waals surface area (Å²) in [7, 11) is 0. The lowest BCUT2D eigenvalue weighted by Crippen LogP contribution is -2.54. The van der Waals surface area contributed by atoms with E-state index in [0.29, 0.717) is 5.75 Å². The average molecular weight is 621 g/mol. The number of carboxylic acids is 1. The van der Waals surface area contributed by atoms with Crippen molar-refractivity contribution in [2.75, 3.05) is 18.1 Å². The lowest BCUT2D eigenvalue weighted by atomic mass is 9.84. The Morgan fingerprint density at radius 3 is 1.89 bits per heavy atom. The van der Waals surface area contributed by atoms with E-state index in [9.17, 15) is 19.5 Å². The molecule has 2 amide bonds. The predicted octanol–water partition coefficient (Wildman–Crippen LogP) is 7.66. The van der Waals surface area contributed by atoms with E-state index in [-0.39, 0.29) is 12.4 Å². The molecule has 0 aromatic heterocycles. The van der Waals surface area contributed by atoms with Gasteiger partial charge in [0.15, 0.2) is 0 Å². The summed E-state index contributed by atoms with van der Waals surface area (Å²) < 4.78 is 5.10. The second-order valence-corrected chi connectivity index (χ2v) is 12.1.